The van der Waals surface area contributed by atoms with Crippen molar-refractivity contribution in [1.82, 2.24) is 9.80 Å². The van der Waals surface area contributed by atoms with Crippen LogP contribution in [0.1, 0.15) is 31.2 Å². The Kier molecular flexibility index (Phi) is 7.00. The summed E-state index contributed by atoms with van der Waals surface area (Å²) in [6.45, 7) is 5.52. The fourth-order valence-electron chi connectivity index (χ4n) is 3.62. The first kappa shape index (κ1) is 19.0. The summed E-state index contributed by atoms with van der Waals surface area (Å²) in [5.41, 5.74) is 0.942. The summed E-state index contributed by atoms with van der Waals surface area (Å²) in [5.74, 6) is 0.204. The zero-order valence-corrected chi connectivity index (χ0v) is 16.1. The SMILES string of the molecule is O=C(CCc1cccc(Cl)c1Cl)N1CCCN(C[C@H]2CCCO2)CC1. The Morgan fingerprint density at radius 1 is 1.16 bits per heavy atom. The van der Waals surface area contributed by atoms with Crippen LogP contribution in [0.5, 0.6) is 0 Å². The minimum Gasteiger partial charge on any atom is -0.377 e. The number of amides is 1. The van der Waals surface area contributed by atoms with Gasteiger partial charge < -0.3 is 9.64 Å². The Bertz CT molecular complexity index is 591. The summed E-state index contributed by atoms with van der Waals surface area (Å²) in [5, 5.41) is 1.11. The van der Waals surface area contributed by atoms with E-state index in [1.165, 1.54) is 12.8 Å². The summed E-state index contributed by atoms with van der Waals surface area (Å²) in [4.78, 5) is 17.0. The van der Waals surface area contributed by atoms with Gasteiger partial charge in [0.25, 0.3) is 0 Å². The van der Waals surface area contributed by atoms with Crippen LogP contribution in [-0.4, -0.2) is 61.1 Å². The number of rotatable bonds is 5. The molecule has 25 heavy (non-hydrogen) atoms. The molecule has 2 heterocycles. The van der Waals surface area contributed by atoms with E-state index in [0.29, 0.717) is 29.0 Å². The molecule has 2 aliphatic heterocycles. The first-order valence-corrected chi connectivity index (χ1v) is 9.93. The van der Waals surface area contributed by atoms with Gasteiger partial charge in [0, 0.05) is 39.2 Å². The molecule has 1 aromatic rings. The zero-order chi connectivity index (χ0) is 17.6. The molecule has 2 saturated heterocycles. The molecule has 0 aromatic heterocycles. The van der Waals surface area contributed by atoms with E-state index in [4.69, 9.17) is 27.9 Å². The van der Waals surface area contributed by atoms with Crippen LogP contribution in [0.2, 0.25) is 10.0 Å². The highest BCUT2D eigenvalue weighted by molar-refractivity contribution is 6.42. The number of carbonyl (C=O) groups excluding carboxylic acids is 1. The third kappa shape index (κ3) is 5.33. The van der Waals surface area contributed by atoms with Crippen molar-refractivity contribution in [3.63, 3.8) is 0 Å². The molecular formula is C19H26Cl2N2O2. The van der Waals surface area contributed by atoms with Crippen molar-refractivity contribution in [3.05, 3.63) is 33.8 Å². The molecule has 138 valence electrons. The average molecular weight is 385 g/mol. The van der Waals surface area contributed by atoms with E-state index >= 15 is 0 Å². The second-order valence-corrected chi connectivity index (χ2v) is 7.67. The summed E-state index contributed by atoms with van der Waals surface area (Å²) in [6.07, 6.45) is 4.86. The molecule has 0 bridgehead atoms. The lowest BCUT2D eigenvalue weighted by molar-refractivity contribution is -0.131. The number of aryl methyl sites for hydroxylation is 1. The van der Waals surface area contributed by atoms with Gasteiger partial charge in [0.2, 0.25) is 5.91 Å². The van der Waals surface area contributed by atoms with Crippen molar-refractivity contribution < 1.29 is 9.53 Å². The number of halogens is 2. The van der Waals surface area contributed by atoms with Gasteiger partial charge in [0.1, 0.15) is 0 Å². The number of hydrogen-bond donors (Lipinski definition) is 0. The Hall–Kier alpha value is -0.810. The van der Waals surface area contributed by atoms with Gasteiger partial charge in [-0.15, -0.1) is 0 Å². The number of hydrogen-bond acceptors (Lipinski definition) is 3. The van der Waals surface area contributed by atoms with Crippen molar-refractivity contribution in [2.45, 2.75) is 38.2 Å². The standard InChI is InChI=1S/C19H26Cl2N2O2/c20-17-6-1-4-15(19(17)21)7-8-18(24)23-10-3-9-22(11-12-23)14-16-5-2-13-25-16/h1,4,6,16H,2-3,5,7-14H2/t16-/m1/s1. The lowest BCUT2D eigenvalue weighted by Crippen LogP contribution is -2.37. The van der Waals surface area contributed by atoms with Crippen LogP contribution < -0.4 is 0 Å². The summed E-state index contributed by atoms with van der Waals surface area (Å²) < 4.78 is 5.73. The molecule has 1 aromatic carbocycles. The molecule has 6 heteroatoms. The largest absolute Gasteiger partial charge is 0.377 e. The van der Waals surface area contributed by atoms with Gasteiger partial charge in [-0.3, -0.25) is 9.69 Å². The highest BCUT2D eigenvalue weighted by Gasteiger charge is 2.23. The van der Waals surface area contributed by atoms with Crippen LogP contribution in [0.3, 0.4) is 0 Å². The molecular weight excluding hydrogens is 359 g/mol. The lowest BCUT2D eigenvalue weighted by atomic mass is 10.1. The second kappa shape index (κ2) is 9.22. The van der Waals surface area contributed by atoms with Crippen LogP contribution in [0.25, 0.3) is 0 Å². The fourth-order valence-corrected chi connectivity index (χ4v) is 4.04. The minimum atomic E-state index is 0.204. The van der Waals surface area contributed by atoms with Crippen molar-refractivity contribution in [2.24, 2.45) is 0 Å². The molecule has 2 fully saturated rings. The van der Waals surface area contributed by atoms with Crippen LogP contribution in [0.4, 0.5) is 0 Å². The Balaban J connectivity index is 1.46. The Morgan fingerprint density at radius 2 is 2.04 bits per heavy atom. The van der Waals surface area contributed by atoms with Crippen LogP contribution in [-0.2, 0) is 16.0 Å². The van der Waals surface area contributed by atoms with E-state index in [1.54, 1.807) is 6.07 Å². The van der Waals surface area contributed by atoms with Crippen LogP contribution in [0, 0.1) is 0 Å². The van der Waals surface area contributed by atoms with Gasteiger partial charge >= 0.3 is 0 Å². The average Bonchev–Trinajstić information content (AvgIpc) is 3.00. The normalized spacial score (nSPS) is 22.2. The molecule has 0 N–H and O–H groups in total. The van der Waals surface area contributed by atoms with E-state index in [-0.39, 0.29) is 5.91 Å². The quantitative estimate of drug-likeness (QED) is 0.776. The van der Waals surface area contributed by atoms with Gasteiger partial charge in [0.05, 0.1) is 16.1 Å². The molecule has 1 amide bonds. The predicted octanol–water partition coefficient (Wildman–Crippen LogP) is 3.64. The highest BCUT2D eigenvalue weighted by Crippen LogP contribution is 2.26. The second-order valence-electron chi connectivity index (χ2n) is 6.88. The first-order valence-electron chi connectivity index (χ1n) is 9.18. The van der Waals surface area contributed by atoms with Crippen molar-refractivity contribution in [3.8, 4) is 0 Å². The molecule has 0 saturated carbocycles. The third-order valence-corrected chi connectivity index (χ3v) is 5.92. The maximum Gasteiger partial charge on any atom is 0.222 e. The molecule has 1 atom stereocenters. The molecule has 0 spiro atoms. The van der Waals surface area contributed by atoms with E-state index in [0.717, 1.165) is 51.3 Å². The topological polar surface area (TPSA) is 32.8 Å². The van der Waals surface area contributed by atoms with Gasteiger partial charge in [0.15, 0.2) is 0 Å². The zero-order valence-electron chi connectivity index (χ0n) is 14.6. The molecule has 0 radical (unpaired) electrons. The maximum absolute atomic E-state index is 12.6. The van der Waals surface area contributed by atoms with E-state index in [1.807, 2.05) is 17.0 Å². The highest BCUT2D eigenvalue weighted by atomic mass is 35.5. The predicted molar refractivity (Wildman–Crippen MR) is 101 cm³/mol. The van der Waals surface area contributed by atoms with E-state index in [9.17, 15) is 4.79 Å². The number of ether oxygens (including phenoxy) is 1. The molecule has 4 nitrogen and oxygen atoms in total. The molecule has 0 aliphatic carbocycles. The summed E-state index contributed by atoms with van der Waals surface area (Å²) >= 11 is 12.3. The molecule has 3 rings (SSSR count). The first-order chi connectivity index (χ1) is 12.1. The van der Waals surface area contributed by atoms with Gasteiger partial charge in [-0.2, -0.15) is 0 Å². The van der Waals surface area contributed by atoms with E-state index in [2.05, 4.69) is 4.90 Å². The number of benzene rings is 1. The smallest absolute Gasteiger partial charge is 0.222 e. The van der Waals surface area contributed by atoms with Gasteiger partial charge in [-0.05, 0) is 43.9 Å². The molecule has 2 aliphatic rings. The number of carbonyl (C=O) groups is 1. The van der Waals surface area contributed by atoms with Crippen LogP contribution in [0.15, 0.2) is 18.2 Å². The lowest BCUT2D eigenvalue weighted by Gasteiger charge is -2.24. The van der Waals surface area contributed by atoms with Crippen molar-refractivity contribution in [2.75, 3.05) is 39.3 Å². The van der Waals surface area contributed by atoms with Crippen LogP contribution >= 0.6 is 23.2 Å². The minimum absolute atomic E-state index is 0.204. The fraction of sp³-hybridized carbons (Fsp3) is 0.632. The van der Waals surface area contributed by atoms with E-state index < -0.39 is 0 Å². The van der Waals surface area contributed by atoms with Crippen molar-refractivity contribution >= 4 is 29.1 Å². The summed E-state index contributed by atoms with van der Waals surface area (Å²) in [7, 11) is 0. The Labute approximate surface area is 160 Å². The van der Waals surface area contributed by atoms with Crippen molar-refractivity contribution in [1.29, 1.82) is 0 Å². The third-order valence-electron chi connectivity index (χ3n) is 5.07. The Morgan fingerprint density at radius 3 is 2.84 bits per heavy atom. The monoisotopic (exact) mass is 384 g/mol. The number of nitrogens with zero attached hydrogens (tertiary/aromatic N) is 2. The van der Waals surface area contributed by atoms with Gasteiger partial charge in [-0.25, -0.2) is 0 Å². The molecule has 0 unspecified atom stereocenters. The van der Waals surface area contributed by atoms with Gasteiger partial charge in [-0.1, -0.05) is 35.3 Å². The maximum atomic E-state index is 12.6. The summed E-state index contributed by atoms with van der Waals surface area (Å²) in [6, 6.07) is 5.59.